The van der Waals surface area contributed by atoms with Crippen molar-refractivity contribution >= 4 is 18.1 Å². The fourth-order valence-electron chi connectivity index (χ4n) is 3.56. The minimum Gasteiger partial charge on any atom is -0.481 e. The molecule has 0 bridgehead atoms. The highest BCUT2D eigenvalue weighted by Gasteiger charge is 2.30. The zero-order valence-electron chi connectivity index (χ0n) is 18.0. The molecule has 160 valence electrons. The first-order valence-electron chi connectivity index (χ1n) is 10.4. The second-order valence-corrected chi connectivity index (χ2v) is 8.61. The van der Waals surface area contributed by atoms with Crippen LogP contribution < -0.4 is 5.43 Å². The number of carbonyl (C=O) groups is 2. The van der Waals surface area contributed by atoms with Gasteiger partial charge < -0.3 is 9.84 Å². The normalized spacial score (nSPS) is 20.0. The number of aliphatic carboxylic acids is 1. The lowest BCUT2D eigenvalue weighted by Gasteiger charge is -2.35. The van der Waals surface area contributed by atoms with E-state index in [1.165, 1.54) is 5.56 Å². The molecular weight excluding hydrogens is 368 g/mol. The van der Waals surface area contributed by atoms with Crippen molar-refractivity contribution in [3.05, 3.63) is 41.5 Å². The lowest BCUT2D eigenvalue weighted by molar-refractivity contribution is -0.143. The predicted octanol–water partition coefficient (Wildman–Crippen LogP) is 4.65. The quantitative estimate of drug-likeness (QED) is 0.649. The summed E-state index contributed by atoms with van der Waals surface area (Å²) in [6, 6.07) is 8.45. The van der Waals surface area contributed by atoms with E-state index in [9.17, 15) is 14.7 Å². The van der Waals surface area contributed by atoms with E-state index in [-0.39, 0.29) is 12.0 Å². The van der Waals surface area contributed by atoms with Crippen LogP contribution in [0.3, 0.4) is 0 Å². The number of nitrogens with zero attached hydrogens (tertiary/aromatic N) is 1. The summed E-state index contributed by atoms with van der Waals surface area (Å²) in [6.45, 7) is 8.14. The van der Waals surface area contributed by atoms with Crippen LogP contribution in [0.25, 0.3) is 6.08 Å². The molecule has 1 aromatic rings. The summed E-state index contributed by atoms with van der Waals surface area (Å²) < 4.78 is 5.40. The molecule has 1 aromatic carbocycles. The molecule has 0 spiro atoms. The van der Waals surface area contributed by atoms with E-state index >= 15 is 0 Å². The van der Waals surface area contributed by atoms with Gasteiger partial charge in [0.15, 0.2) is 0 Å². The highest BCUT2D eigenvalue weighted by molar-refractivity contribution is 5.70. The molecule has 2 N–H and O–H groups in total. The van der Waals surface area contributed by atoms with Crippen LogP contribution in [-0.4, -0.2) is 40.4 Å². The summed E-state index contributed by atoms with van der Waals surface area (Å²) in [6.07, 6.45) is 7.27. The van der Waals surface area contributed by atoms with Crippen LogP contribution in [0.2, 0.25) is 0 Å². The fraction of sp³-hybridized carbons (Fsp3) is 0.565. The fourth-order valence-corrected chi connectivity index (χ4v) is 3.56. The molecule has 0 saturated heterocycles. The van der Waals surface area contributed by atoms with Crippen molar-refractivity contribution in [3.63, 3.8) is 0 Å². The smallest absolute Gasteiger partial charge is 0.422 e. The molecule has 29 heavy (non-hydrogen) atoms. The molecule has 0 unspecified atom stereocenters. The van der Waals surface area contributed by atoms with Gasteiger partial charge in [-0.05, 0) is 64.0 Å². The Kier molecular flexibility index (Phi) is 8.26. The van der Waals surface area contributed by atoms with E-state index in [0.717, 1.165) is 24.8 Å². The number of amides is 1. The maximum absolute atomic E-state index is 12.3. The predicted molar refractivity (Wildman–Crippen MR) is 114 cm³/mol. The molecule has 0 heterocycles. The van der Waals surface area contributed by atoms with Gasteiger partial charge in [-0.1, -0.05) is 43.3 Å². The summed E-state index contributed by atoms with van der Waals surface area (Å²) in [7, 11) is 0. The standard InChI is InChI=1S/C23H34N2O4/c1-5-17-8-6-9-18(16-17)10-7-15-25(24-22(28)29-23(2,3)4)20-13-11-19(12-14-20)21(26)27/h6-10,16,19-20H,5,11-15H2,1-4H3,(H,24,28)(H,26,27). The molecule has 1 aliphatic rings. The number of nitrogens with one attached hydrogen (secondary N) is 1. The lowest BCUT2D eigenvalue weighted by atomic mass is 9.86. The monoisotopic (exact) mass is 402 g/mol. The zero-order valence-corrected chi connectivity index (χ0v) is 18.0. The third kappa shape index (κ3) is 7.89. The Morgan fingerprint density at radius 1 is 1.24 bits per heavy atom. The summed E-state index contributed by atoms with van der Waals surface area (Å²) in [5.74, 6) is -1.02. The Bertz CT molecular complexity index is 716. The Balaban J connectivity index is 2.04. The van der Waals surface area contributed by atoms with Crippen molar-refractivity contribution < 1.29 is 19.4 Å². The second-order valence-electron chi connectivity index (χ2n) is 8.61. The van der Waals surface area contributed by atoms with E-state index in [4.69, 9.17) is 4.74 Å². The molecule has 6 nitrogen and oxygen atoms in total. The van der Waals surface area contributed by atoms with E-state index in [0.29, 0.717) is 19.4 Å². The molecular formula is C23H34N2O4. The summed E-state index contributed by atoms with van der Waals surface area (Å²) in [4.78, 5) is 23.5. The van der Waals surface area contributed by atoms with Crippen LogP contribution in [0.4, 0.5) is 4.79 Å². The van der Waals surface area contributed by atoms with Crippen molar-refractivity contribution in [2.75, 3.05) is 6.54 Å². The lowest BCUT2D eigenvalue weighted by Crippen LogP contribution is -2.51. The van der Waals surface area contributed by atoms with E-state index < -0.39 is 17.7 Å². The second kappa shape index (κ2) is 10.4. The van der Waals surface area contributed by atoms with Gasteiger partial charge in [0.25, 0.3) is 0 Å². The van der Waals surface area contributed by atoms with Gasteiger partial charge in [0.1, 0.15) is 5.60 Å². The topological polar surface area (TPSA) is 78.9 Å². The first-order valence-corrected chi connectivity index (χ1v) is 10.4. The van der Waals surface area contributed by atoms with Gasteiger partial charge in [-0.3, -0.25) is 10.2 Å². The summed E-state index contributed by atoms with van der Waals surface area (Å²) in [5.41, 5.74) is 4.70. The van der Waals surface area contributed by atoms with Crippen molar-refractivity contribution in [2.24, 2.45) is 5.92 Å². The number of benzene rings is 1. The molecule has 2 rings (SSSR count). The van der Waals surface area contributed by atoms with E-state index in [2.05, 4.69) is 30.5 Å². The molecule has 1 fully saturated rings. The number of carbonyl (C=O) groups excluding carboxylic acids is 1. The number of ether oxygens (including phenoxy) is 1. The number of carboxylic acid groups (broad SMARTS) is 1. The average Bonchev–Trinajstić information content (AvgIpc) is 2.66. The maximum Gasteiger partial charge on any atom is 0.422 e. The van der Waals surface area contributed by atoms with Crippen LogP contribution in [0.5, 0.6) is 0 Å². The number of rotatable bonds is 7. The van der Waals surface area contributed by atoms with Crippen molar-refractivity contribution in [1.82, 2.24) is 10.4 Å². The Hall–Kier alpha value is -2.34. The molecule has 6 heteroatoms. The van der Waals surface area contributed by atoms with Crippen molar-refractivity contribution in [3.8, 4) is 0 Å². The van der Waals surface area contributed by atoms with Crippen molar-refractivity contribution in [2.45, 2.75) is 71.4 Å². The molecule has 0 atom stereocenters. The molecule has 1 amide bonds. The number of carboxylic acids is 1. The first-order chi connectivity index (χ1) is 13.7. The number of aryl methyl sites for hydroxylation is 1. The molecule has 1 aliphatic carbocycles. The van der Waals surface area contributed by atoms with Gasteiger partial charge in [0.2, 0.25) is 0 Å². The number of hydrogen-bond acceptors (Lipinski definition) is 4. The highest BCUT2D eigenvalue weighted by Crippen LogP contribution is 2.27. The largest absolute Gasteiger partial charge is 0.481 e. The molecule has 0 aromatic heterocycles. The van der Waals surface area contributed by atoms with Gasteiger partial charge in [0, 0.05) is 12.6 Å². The van der Waals surface area contributed by atoms with Crippen LogP contribution in [0.1, 0.15) is 64.5 Å². The van der Waals surface area contributed by atoms with Gasteiger partial charge in [-0.25, -0.2) is 9.80 Å². The molecule has 0 aliphatic heterocycles. The summed E-state index contributed by atoms with van der Waals surface area (Å²) in [5, 5.41) is 11.1. The average molecular weight is 403 g/mol. The third-order valence-electron chi connectivity index (χ3n) is 5.09. The Morgan fingerprint density at radius 2 is 1.93 bits per heavy atom. The van der Waals surface area contributed by atoms with Gasteiger partial charge in [-0.2, -0.15) is 0 Å². The SMILES string of the molecule is CCc1cccc(C=CCN(NC(=O)OC(C)(C)C)C2CCC(C(=O)O)CC2)c1. The number of hydrogen-bond donors (Lipinski definition) is 2. The minimum absolute atomic E-state index is 0.0877. The van der Waals surface area contributed by atoms with Crippen molar-refractivity contribution in [1.29, 1.82) is 0 Å². The zero-order chi connectivity index (χ0) is 21.4. The number of hydrazine groups is 1. The van der Waals surface area contributed by atoms with Gasteiger partial charge >= 0.3 is 12.1 Å². The van der Waals surface area contributed by atoms with Gasteiger partial charge in [0.05, 0.1) is 5.92 Å². The highest BCUT2D eigenvalue weighted by atomic mass is 16.6. The van der Waals surface area contributed by atoms with Crippen LogP contribution in [0.15, 0.2) is 30.3 Å². The molecule has 0 radical (unpaired) electrons. The third-order valence-corrected chi connectivity index (χ3v) is 5.09. The Labute approximate surface area is 173 Å². The van der Waals surface area contributed by atoms with E-state index in [1.807, 2.05) is 44.0 Å². The minimum atomic E-state index is -0.731. The molecule has 1 saturated carbocycles. The maximum atomic E-state index is 12.3. The van der Waals surface area contributed by atoms with Gasteiger partial charge in [-0.15, -0.1) is 0 Å². The first kappa shape index (κ1) is 22.9. The van der Waals surface area contributed by atoms with Crippen LogP contribution in [0, 0.1) is 5.92 Å². The van der Waals surface area contributed by atoms with Crippen LogP contribution >= 0.6 is 0 Å². The van der Waals surface area contributed by atoms with Crippen LogP contribution in [-0.2, 0) is 16.0 Å². The summed E-state index contributed by atoms with van der Waals surface area (Å²) >= 11 is 0. The van der Waals surface area contributed by atoms with E-state index in [1.54, 1.807) is 0 Å². The Morgan fingerprint density at radius 3 is 2.52 bits per heavy atom.